The number of rotatable bonds is 11. The summed E-state index contributed by atoms with van der Waals surface area (Å²) in [6, 6.07) is 17.2. The second-order valence-electron chi connectivity index (χ2n) is 6.85. The van der Waals surface area contributed by atoms with Gasteiger partial charge in [0.25, 0.3) is 5.91 Å². The molecule has 5 nitrogen and oxygen atoms in total. The maximum atomic E-state index is 12.8. The summed E-state index contributed by atoms with van der Waals surface area (Å²) >= 11 is 0. The highest BCUT2D eigenvalue weighted by Crippen LogP contribution is 2.21. The lowest BCUT2D eigenvalue weighted by atomic mass is 10.1. The van der Waals surface area contributed by atoms with Crippen LogP contribution in [0.1, 0.15) is 64.1 Å². The molecular weight excluding hydrogens is 378 g/mol. The van der Waals surface area contributed by atoms with Gasteiger partial charge >= 0.3 is 5.97 Å². The lowest BCUT2D eigenvalue weighted by Crippen LogP contribution is -2.37. The molecule has 0 aromatic heterocycles. The van der Waals surface area contributed by atoms with E-state index in [1.807, 2.05) is 68.1 Å². The molecule has 0 fully saturated rings. The Bertz CT molecular complexity index is 744. The average molecular weight is 414 g/mol. The van der Waals surface area contributed by atoms with Crippen molar-refractivity contribution in [3.63, 3.8) is 0 Å². The van der Waals surface area contributed by atoms with Crippen molar-refractivity contribution in [2.45, 2.75) is 59.4 Å². The average Bonchev–Trinajstić information content (AvgIpc) is 2.79. The SMILES string of the molecule is CC.CCCCN(C(=O)COc1ccc(CCC(=O)O)cc1)C(C)c1ccccc1. The standard InChI is InChI=1S/C23H29NO4.C2H6/c1-3-4-16-24(18(2)20-8-6-5-7-9-20)22(25)17-28-21-13-10-19(11-14-21)12-15-23(26)27;1-2/h5-11,13-14,18H,3-4,12,15-17H2,1-2H3,(H,26,27);1-2H3. The number of hydrogen-bond acceptors (Lipinski definition) is 3. The molecule has 0 saturated carbocycles. The molecule has 5 heteroatoms. The Labute approximate surface area is 180 Å². The number of carbonyl (C=O) groups is 2. The Balaban J connectivity index is 0.00000218. The van der Waals surface area contributed by atoms with Gasteiger partial charge in [0.05, 0.1) is 6.04 Å². The van der Waals surface area contributed by atoms with Gasteiger partial charge in [0.15, 0.2) is 6.61 Å². The van der Waals surface area contributed by atoms with Crippen molar-refractivity contribution >= 4 is 11.9 Å². The Morgan fingerprint density at radius 3 is 2.23 bits per heavy atom. The lowest BCUT2D eigenvalue weighted by molar-refractivity contribution is -0.137. The molecule has 1 unspecified atom stereocenters. The molecule has 2 aromatic rings. The zero-order valence-corrected chi connectivity index (χ0v) is 18.6. The summed E-state index contributed by atoms with van der Waals surface area (Å²) in [5, 5.41) is 8.75. The highest BCUT2D eigenvalue weighted by molar-refractivity contribution is 5.78. The molecule has 0 bridgehead atoms. The Morgan fingerprint density at radius 2 is 1.67 bits per heavy atom. The summed E-state index contributed by atoms with van der Waals surface area (Å²) in [6.07, 6.45) is 2.54. The number of amides is 1. The molecule has 1 atom stereocenters. The van der Waals surface area contributed by atoms with Gasteiger partial charge in [-0.05, 0) is 43.0 Å². The van der Waals surface area contributed by atoms with Crippen molar-refractivity contribution in [2.24, 2.45) is 0 Å². The normalized spacial score (nSPS) is 11.1. The van der Waals surface area contributed by atoms with E-state index in [1.54, 1.807) is 12.1 Å². The van der Waals surface area contributed by atoms with Gasteiger partial charge < -0.3 is 14.7 Å². The van der Waals surface area contributed by atoms with E-state index in [9.17, 15) is 9.59 Å². The van der Waals surface area contributed by atoms with Crippen molar-refractivity contribution in [3.8, 4) is 5.75 Å². The van der Waals surface area contributed by atoms with E-state index in [0.717, 1.165) is 24.0 Å². The Kier molecular flexibility index (Phi) is 11.9. The molecule has 2 aromatic carbocycles. The number of benzene rings is 2. The van der Waals surface area contributed by atoms with Gasteiger partial charge in [0.1, 0.15) is 5.75 Å². The number of hydrogen-bond donors (Lipinski definition) is 1. The molecule has 30 heavy (non-hydrogen) atoms. The highest BCUT2D eigenvalue weighted by atomic mass is 16.5. The van der Waals surface area contributed by atoms with Gasteiger partial charge in [-0.1, -0.05) is 69.7 Å². The minimum absolute atomic E-state index is 0.0118. The fourth-order valence-corrected chi connectivity index (χ4v) is 3.01. The van der Waals surface area contributed by atoms with E-state index in [1.165, 1.54) is 0 Å². The smallest absolute Gasteiger partial charge is 0.303 e. The van der Waals surface area contributed by atoms with Gasteiger partial charge in [0.2, 0.25) is 0 Å². The van der Waals surface area contributed by atoms with Crippen molar-refractivity contribution in [1.82, 2.24) is 4.90 Å². The fourth-order valence-electron chi connectivity index (χ4n) is 3.01. The van der Waals surface area contributed by atoms with Crippen LogP contribution in [0, 0.1) is 0 Å². The van der Waals surface area contributed by atoms with Crippen LogP contribution in [0.25, 0.3) is 0 Å². The lowest BCUT2D eigenvalue weighted by Gasteiger charge is -2.29. The first kappa shape index (κ1) is 25.2. The summed E-state index contributed by atoms with van der Waals surface area (Å²) in [4.78, 5) is 25.3. The van der Waals surface area contributed by atoms with Crippen LogP contribution in [-0.4, -0.2) is 35.0 Å². The van der Waals surface area contributed by atoms with Crippen LogP contribution >= 0.6 is 0 Å². The number of nitrogens with zero attached hydrogens (tertiary/aromatic N) is 1. The van der Waals surface area contributed by atoms with Crippen LogP contribution in [0.2, 0.25) is 0 Å². The summed E-state index contributed by atoms with van der Waals surface area (Å²) in [5.74, 6) is -0.249. The minimum Gasteiger partial charge on any atom is -0.484 e. The number of carbonyl (C=O) groups excluding carboxylic acids is 1. The summed E-state index contributed by atoms with van der Waals surface area (Å²) in [6.45, 7) is 8.83. The van der Waals surface area contributed by atoms with Crippen LogP contribution in [0.5, 0.6) is 5.75 Å². The first-order chi connectivity index (χ1) is 14.5. The first-order valence-corrected chi connectivity index (χ1v) is 10.8. The van der Waals surface area contributed by atoms with Crippen molar-refractivity contribution in [1.29, 1.82) is 0 Å². The van der Waals surface area contributed by atoms with E-state index in [4.69, 9.17) is 9.84 Å². The van der Waals surface area contributed by atoms with Gasteiger partial charge in [0, 0.05) is 13.0 Å². The topological polar surface area (TPSA) is 66.8 Å². The highest BCUT2D eigenvalue weighted by Gasteiger charge is 2.21. The molecule has 0 aliphatic rings. The quantitative estimate of drug-likeness (QED) is 0.528. The van der Waals surface area contributed by atoms with Crippen LogP contribution in [-0.2, 0) is 16.0 Å². The molecule has 1 amide bonds. The summed E-state index contributed by atoms with van der Waals surface area (Å²) in [5.41, 5.74) is 2.04. The summed E-state index contributed by atoms with van der Waals surface area (Å²) < 4.78 is 5.69. The molecule has 1 N–H and O–H groups in total. The molecule has 0 saturated heterocycles. The molecule has 0 aliphatic heterocycles. The van der Waals surface area contributed by atoms with Gasteiger partial charge in [-0.3, -0.25) is 9.59 Å². The zero-order valence-electron chi connectivity index (χ0n) is 18.6. The van der Waals surface area contributed by atoms with Gasteiger partial charge in [-0.2, -0.15) is 0 Å². The molecule has 164 valence electrons. The summed E-state index contributed by atoms with van der Waals surface area (Å²) in [7, 11) is 0. The van der Waals surface area contributed by atoms with Gasteiger partial charge in [-0.15, -0.1) is 0 Å². The van der Waals surface area contributed by atoms with E-state index < -0.39 is 5.97 Å². The molecule has 0 radical (unpaired) electrons. The molecule has 0 spiro atoms. The number of ether oxygens (including phenoxy) is 1. The van der Waals surface area contributed by atoms with Crippen LogP contribution in [0.3, 0.4) is 0 Å². The van der Waals surface area contributed by atoms with Crippen molar-refractivity contribution in [3.05, 3.63) is 65.7 Å². The van der Waals surface area contributed by atoms with E-state index in [0.29, 0.717) is 18.7 Å². The van der Waals surface area contributed by atoms with Crippen LogP contribution in [0.4, 0.5) is 0 Å². The fraction of sp³-hybridized carbons (Fsp3) is 0.440. The largest absolute Gasteiger partial charge is 0.484 e. The number of carboxylic acids is 1. The Morgan fingerprint density at radius 1 is 1.03 bits per heavy atom. The number of aliphatic carboxylic acids is 1. The molecular formula is C25H35NO4. The minimum atomic E-state index is -0.814. The van der Waals surface area contributed by atoms with E-state index >= 15 is 0 Å². The van der Waals surface area contributed by atoms with Gasteiger partial charge in [-0.25, -0.2) is 0 Å². The second-order valence-corrected chi connectivity index (χ2v) is 6.85. The predicted octanol–water partition coefficient (Wildman–Crippen LogP) is 5.50. The zero-order chi connectivity index (χ0) is 22.4. The van der Waals surface area contributed by atoms with Crippen molar-refractivity contribution in [2.75, 3.05) is 13.2 Å². The third-order valence-electron chi connectivity index (χ3n) is 4.74. The maximum Gasteiger partial charge on any atom is 0.303 e. The Hall–Kier alpha value is -2.82. The van der Waals surface area contributed by atoms with E-state index in [-0.39, 0.29) is 25.0 Å². The van der Waals surface area contributed by atoms with Crippen LogP contribution < -0.4 is 4.74 Å². The predicted molar refractivity (Wildman–Crippen MR) is 121 cm³/mol. The number of aryl methyl sites for hydroxylation is 1. The van der Waals surface area contributed by atoms with E-state index in [2.05, 4.69) is 6.92 Å². The monoisotopic (exact) mass is 413 g/mol. The van der Waals surface area contributed by atoms with Crippen molar-refractivity contribution < 1.29 is 19.4 Å². The second kappa shape index (κ2) is 14.2. The molecule has 2 rings (SSSR count). The third-order valence-corrected chi connectivity index (χ3v) is 4.74. The molecule has 0 heterocycles. The maximum absolute atomic E-state index is 12.8. The first-order valence-electron chi connectivity index (χ1n) is 10.8. The molecule has 0 aliphatic carbocycles. The van der Waals surface area contributed by atoms with Crippen LogP contribution in [0.15, 0.2) is 54.6 Å². The number of carboxylic acid groups (broad SMARTS) is 1. The number of unbranched alkanes of at least 4 members (excludes halogenated alkanes) is 1. The third kappa shape index (κ3) is 8.68.